The first-order valence-corrected chi connectivity index (χ1v) is 6.92. The minimum Gasteiger partial charge on any atom is -0.481 e. The molecule has 1 aliphatic rings. The van der Waals surface area contributed by atoms with Crippen LogP contribution < -0.4 is 10.3 Å². The fourth-order valence-corrected chi connectivity index (χ4v) is 2.48. The number of carboxylic acids is 1. The second kappa shape index (κ2) is 6.23. The lowest BCUT2D eigenvalue weighted by Crippen LogP contribution is -2.45. The molecule has 0 bridgehead atoms. The van der Waals surface area contributed by atoms with Gasteiger partial charge in [-0.25, -0.2) is 0 Å². The topological polar surface area (TPSA) is 84.9 Å². The summed E-state index contributed by atoms with van der Waals surface area (Å²) in [7, 11) is 0. The van der Waals surface area contributed by atoms with Gasteiger partial charge in [0.2, 0.25) is 0 Å². The van der Waals surface area contributed by atoms with E-state index >= 15 is 0 Å². The van der Waals surface area contributed by atoms with Gasteiger partial charge in [-0.2, -0.15) is 5.48 Å². The van der Waals surface area contributed by atoms with Crippen molar-refractivity contribution in [2.45, 2.75) is 25.3 Å². The maximum absolute atomic E-state index is 11.5. The Balaban J connectivity index is 2.26. The lowest BCUT2D eigenvalue weighted by Gasteiger charge is -2.30. The number of halogens is 1. The Labute approximate surface area is 124 Å². The highest BCUT2D eigenvalue weighted by Crippen LogP contribution is 2.36. The number of esters is 1. The van der Waals surface area contributed by atoms with Gasteiger partial charge in [0.05, 0.1) is 19.1 Å². The maximum atomic E-state index is 11.5. The molecule has 2 rings (SSSR count). The molecule has 0 amide bonds. The summed E-state index contributed by atoms with van der Waals surface area (Å²) in [4.78, 5) is 28.3. The van der Waals surface area contributed by atoms with Crippen LogP contribution in [-0.2, 0) is 14.3 Å². The SMILES string of the molecule is CCOC(=O)CC1NOc2cc(Br)ccc2C1C(=O)O. The minimum absolute atomic E-state index is 0.0691. The quantitative estimate of drug-likeness (QED) is 0.811. The molecule has 0 spiro atoms. The van der Waals surface area contributed by atoms with Crippen molar-refractivity contribution in [1.29, 1.82) is 0 Å². The molecule has 6 nitrogen and oxygen atoms in total. The monoisotopic (exact) mass is 343 g/mol. The molecule has 1 aromatic rings. The highest BCUT2D eigenvalue weighted by atomic mass is 79.9. The number of hydroxylamine groups is 1. The number of nitrogens with one attached hydrogen (secondary N) is 1. The van der Waals surface area contributed by atoms with Crippen molar-refractivity contribution in [1.82, 2.24) is 5.48 Å². The second-order valence-corrected chi connectivity index (χ2v) is 5.25. The number of hydrogen-bond donors (Lipinski definition) is 2. The molecule has 0 aromatic heterocycles. The number of rotatable bonds is 4. The number of fused-ring (bicyclic) bond motifs is 1. The fraction of sp³-hybridized carbons (Fsp3) is 0.385. The summed E-state index contributed by atoms with van der Waals surface area (Å²) in [5.74, 6) is -1.90. The number of carbonyl (C=O) groups excluding carboxylic acids is 1. The van der Waals surface area contributed by atoms with Gasteiger partial charge in [-0.15, -0.1) is 0 Å². The molecule has 108 valence electrons. The van der Waals surface area contributed by atoms with Crippen LogP contribution in [0.25, 0.3) is 0 Å². The Morgan fingerprint density at radius 2 is 2.25 bits per heavy atom. The molecule has 1 aromatic carbocycles. The van der Waals surface area contributed by atoms with Gasteiger partial charge in [-0.1, -0.05) is 22.0 Å². The Morgan fingerprint density at radius 1 is 1.50 bits per heavy atom. The number of carbonyl (C=O) groups is 2. The van der Waals surface area contributed by atoms with Gasteiger partial charge >= 0.3 is 11.9 Å². The molecule has 1 heterocycles. The lowest BCUT2D eigenvalue weighted by atomic mass is 9.88. The van der Waals surface area contributed by atoms with Gasteiger partial charge in [0.25, 0.3) is 0 Å². The number of carboxylic acid groups (broad SMARTS) is 1. The van der Waals surface area contributed by atoms with Crippen molar-refractivity contribution in [2.24, 2.45) is 0 Å². The molecule has 0 aliphatic carbocycles. The number of aliphatic carboxylic acids is 1. The van der Waals surface area contributed by atoms with Crippen LogP contribution in [0.3, 0.4) is 0 Å². The first-order chi connectivity index (χ1) is 9.52. The van der Waals surface area contributed by atoms with E-state index in [1.165, 1.54) is 0 Å². The molecule has 2 atom stereocenters. The van der Waals surface area contributed by atoms with Crippen molar-refractivity contribution < 1.29 is 24.3 Å². The van der Waals surface area contributed by atoms with Crippen LogP contribution in [0.2, 0.25) is 0 Å². The largest absolute Gasteiger partial charge is 0.481 e. The molecule has 0 saturated carbocycles. The summed E-state index contributed by atoms with van der Waals surface area (Å²) in [5.41, 5.74) is 3.16. The van der Waals surface area contributed by atoms with Gasteiger partial charge < -0.3 is 14.7 Å². The van der Waals surface area contributed by atoms with Crippen molar-refractivity contribution in [2.75, 3.05) is 6.61 Å². The number of ether oxygens (including phenoxy) is 1. The molecular weight excluding hydrogens is 330 g/mol. The summed E-state index contributed by atoms with van der Waals surface area (Å²) < 4.78 is 5.63. The van der Waals surface area contributed by atoms with E-state index in [1.807, 2.05) is 0 Å². The van der Waals surface area contributed by atoms with Crippen LogP contribution in [0, 0.1) is 0 Å². The third-order valence-electron chi connectivity index (χ3n) is 2.99. The van der Waals surface area contributed by atoms with Gasteiger partial charge in [-0.3, -0.25) is 9.59 Å². The van der Waals surface area contributed by atoms with Gasteiger partial charge in [-0.05, 0) is 19.1 Å². The molecule has 0 radical (unpaired) electrons. The second-order valence-electron chi connectivity index (χ2n) is 4.33. The fourth-order valence-electron chi connectivity index (χ4n) is 2.14. The summed E-state index contributed by atoms with van der Waals surface area (Å²) in [5, 5.41) is 9.41. The van der Waals surface area contributed by atoms with Crippen LogP contribution in [0.4, 0.5) is 0 Å². The molecule has 1 aliphatic heterocycles. The van der Waals surface area contributed by atoms with E-state index in [0.29, 0.717) is 11.3 Å². The van der Waals surface area contributed by atoms with Crippen LogP contribution in [0.15, 0.2) is 22.7 Å². The summed E-state index contributed by atoms with van der Waals surface area (Å²) >= 11 is 3.29. The van der Waals surface area contributed by atoms with Crippen LogP contribution in [0.5, 0.6) is 5.75 Å². The smallest absolute Gasteiger partial charge is 0.312 e. The van der Waals surface area contributed by atoms with E-state index in [0.717, 1.165) is 4.47 Å². The number of benzene rings is 1. The zero-order valence-electron chi connectivity index (χ0n) is 10.8. The summed E-state index contributed by atoms with van der Waals surface area (Å²) in [6, 6.07) is 4.43. The zero-order chi connectivity index (χ0) is 14.7. The number of hydrogen-bond acceptors (Lipinski definition) is 5. The third kappa shape index (κ3) is 3.10. The van der Waals surface area contributed by atoms with Gasteiger partial charge in [0.1, 0.15) is 5.92 Å². The molecule has 0 fully saturated rings. The average Bonchev–Trinajstić information content (AvgIpc) is 2.38. The van der Waals surface area contributed by atoms with Gasteiger partial charge in [0.15, 0.2) is 5.75 Å². The van der Waals surface area contributed by atoms with E-state index in [2.05, 4.69) is 21.4 Å². The highest BCUT2D eigenvalue weighted by Gasteiger charge is 2.38. The van der Waals surface area contributed by atoms with Crippen LogP contribution in [-0.4, -0.2) is 29.7 Å². The van der Waals surface area contributed by atoms with Crippen molar-refractivity contribution >= 4 is 27.9 Å². The Bertz CT molecular complexity index is 533. The average molecular weight is 344 g/mol. The summed E-state index contributed by atoms with van der Waals surface area (Å²) in [6.45, 7) is 1.96. The summed E-state index contributed by atoms with van der Waals surface area (Å²) in [6.07, 6.45) is -0.0691. The van der Waals surface area contributed by atoms with Crippen molar-refractivity contribution in [3.63, 3.8) is 0 Å². The normalized spacial score (nSPS) is 20.7. The van der Waals surface area contributed by atoms with E-state index in [-0.39, 0.29) is 13.0 Å². The first kappa shape index (κ1) is 14.8. The third-order valence-corrected chi connectivity index (χ3v) is 3.48. The van der Waals surface area contributed by atoms with E-state index in [9.17, 15) is 14.7 Å². The Hall–Kier alpha value is -1.60. The van der Waals surface area contributed by atoms with E-state index in [1.54, 1.807) is 25.1 Å². The molecule has 2 unspecified atom stereocenters. The highest BCUT2D eigenvalue weighted by molar-refractivity contribution is 9.10. The van der Waals surface area contributed by atoms with Crippen molar-refractivity contribution in [3.8, 4) is 5.75 Å². The molecule has 7 heteroatoms. The predicted octanol–water partition coefficient (Wildman–Crippen LogP) is 1.84. The zero-order valence-corrected chi connectivity index (χ0v) is 12.3. The maximum Gasteiger partial charge on any atom is 0.312 e. The van der Waals surface area contributed by atoms with Crippen molar-refractivity contribution in [3.05, 3.63) is 28.2 Å². The van der Waals surface area contributed by atoms with Crippen LogP contribution in [0.1, 0.15) is 24.8 Å². The van der Waals surface area contributed by atoms with Gasteiger partial charge in [0, 0.05) is 10.0 Å². The minimum atomic E-state index is -1.02. The lowest BCUT2D eigenvalue weighted by molar-refractivity contribution is -0.146. The van der Waals surface area contributed by atoms with Crippen LogP contribution >= 0.6 is 15.9 Å². The molecule has 20 heavy (non-hydrogen) atoms. The molecule has 0 saturated heterocycles. The standard InChI is InChI=1S/C13H14BrNO5/c1-2-19-11(16)6-9-12(13(17)18)8-4-3-7(14)5-10(8)20-15-9/h3-5,9,12,15H,2,6H2,1H3,(H,17,18). The molecule has 2 N–H and O–H groups in total. The molecular formula is C13H14BrNO5. The van der Waals surface area contributed by atoms with E-state index < -0.39 is 23.9 Å². The Morgan fingerprint density at radius 3 is 2.90 bits per heavy atom. The predicted molar refractivity (Wildman–Crippen MR) is 73.3 cm³/mol. The van der Waals surface area contributed by atoms with E-state index in [4.69, 9.17) is 9.57 Å². The first-order valence-electron chi connectivity index (χ1n) is 6.13. The Kier molecular flexibility index (Phi) is 4.61.